The second-order valence-corrected chi connectivity index (χ2v) is 7.32. The number of rotatable bonds is 6. The van der Waals surface area contributed by atoms with Crippen molar-refractivity contribution in [2.45, 2.75) is 13.8 Å². The van der Waals surface area contributed by atoms with Gasteiger partial charge in [0.1, 0.15) is 0 Å². The number of amides is 1. The molecule has 0 bridgehead atoms. The number of aromatic nitrogens is 1. The highest BCUT2D eigenvalue weighted by Gasteiger charge is 2.11. The number of nitrogens with one attached hydrogen (secondary N) is 1. The van der Waals surface area contributed by atoms with E-state index in [1.165, 1.54) is 7.11 Å². The van der Waals surface area contributed by atoms with Crippen LogP contribution in [-0.4, -0.2) is 30.9 Å². The molecule has 0 spiro atoms. The van der Waals surface area contributed by atoms with Crippen molar-refractivity contribution >= 4 is 28.1 Å². The van der Waals surface area contributed by atoms with E-state index in [1.807, 2.05) is 44.2 Å². The van der Waals surface area contributed by atoms with Gasteiger partial charge in [0.25, 0.3) is 5.91 Å². The minimum Gasteiger partial charge on any atom is -0.493 e. The maximum absolute atomic E-state index is 12.4. The average molecular weight is 456 g/mol. The number of carbonyl (C=O) groups is 1. The van der Waals surface area contributed by atoms with E-state index in [2.05, 4.69) is 31.0 Å². The first-order chi connectivity index (χ1) is 13.9. The van der Waals surface area contributed by atoms with Crippen molar-refractivity contribution in [2.24, 2.45) is 5.10 Å². The lowest BCUT2D eigenvalue weighted by atomic mass is 10.2. The molecule has 29 heavy (non-hydrogen) atoms. The van der Waals surface area contributed by atoms with E-state index in [-0.39, 0.29) is 5.91 Å². The fourth-order valence-electron chi connectivity index (χ4n) is 3.11. The van der Waals surface area contributed by atoms with Crippen LogP contribution in [0.2, 0.25) is 0 Å². The number of carbonyl (C=O) groups excluding carboxylic acids is 1. The Kier molecular flexibility index (Phi) is 6.39. The van der Waals surface area contributed by atoms with Crippen LogP contribution < -0.4 is 14.9 Å². The summed E-state index contributed by atoms with van der Waals surface area (Å²) in [5.74, 6) is 0.721. The summed E-state index contributed by atoms with van der Waals surface area (Å²) in [6, 6.07) is 15.1. The third-order valence-electron chi connectivity index (χ3n) is 4.57. The summed E-state index contributed by atoms with van der Waals surface area (Å²) in [7, 11) is 3.07. The van der Waals surface area contributed by atoms with Gasteiger partial charge in [0.2, 0.25) is 0 Å². The molecule has 1 amide bonds. The first-order valence-electron chi connectivity index (χ1n) is 8.95. The number of nitrogens with zero attached hydrogens (tertiary/aromatic N) is 2. The number of methoxy groups -OCH3 is 2. The molecule has 0 saturated heterocycles. The Bertz CT molecular complexity index is 1060. The van der Waals surface area contributed by atoms with Gasteiger partial charge in [-0.2, -0.15) is 5.10 Å². The molecule has 3 aromatic rings. The predicted molar refractivity (Wildman–Crippen MR) is 118 cm³/mol. The maximum atomic E-state index is 12.4. The summed E-state index contributed by atoms with van der Waals surface area (Å²) in [5, 5.41) is 4.12. The van der Waals surface area contributed by atoms with Gasteiger partial charge >= 0.3 is 0 Å². The van der Waals surface area contributed by atoms with Crippen molar-refractivity contribution in [1.82, 2.24) is 9.99 Å². The molecule has 3 rings (SSSR count). The number of hydrogen-bond donors (Lipinski definition) is 1. The largest absolute Gasteiger partial charge is 0.493 e. The molecule has 1 aromatic heterocycles. The van der Waals surface area contributed by atoms with Crippen LogP contribution >= 0.6 is 15.9 Å². The average Bonchev–Trinajstić information content (AvgIpc) is 3.01. The Balaban J connectivity index is 1.76. The van der Waals surface area contributed by atoms with Crippen molar-refractivity contribution in [3.8, 4) is 17.2 Å². The topological polar surface area (TPSA) is 64.8 Å². The van der Waals surface area contributed by atoms with Gasteiger partial charge in [-0.25, -0.2) is 5.43 Å². The minimum atomic E-state index is -0.330. The van der Waals surface area contributed by atoms with Gasteiger partial charge in [-0.1, -0.05) is 15.9 Å². The van der Waals surface area contributed by atoms with Gasteiger partial charge in [0.05, 0.1) is 20.4 Å². The molecule has 2 aromatic carbocycles. The molecule has 0 radical (unpaired) electrons. The van der Waals surface area contributed by atoms with E-state index in [9.17, 15) is 4.79 Å². The molecule has 1 heterocycles. The molecule has 150 valence electrons. The van der Waals surface area contributed by atoms with E-state index in [1.54, 1.807) is 31.5 Å². The van der Waals surface area contributed by atoms with Crippen LogP contribution in [0.5, 0.6) is 11.5 Å². The van der Waals surface area contributed by atoms with Crippen molar-refractivity contribution in [3.63, 3.8) is 0 Å². The lowest BCUT2D eigenvalue weighted by molar-refractivity contribution is 0.0954. The van der Waals surface area contributed by atoms with Gasteiger partial charge in [0.15, 0.2) is 11.5 Å². The van der Waals surface area contributed by atoms with Gasteiger partial charge in [0, 0.05) is 32.7 Å². The molecule has 6 nitrogen and oxygen atoms in total. The molecule has 0 aliphatic heterocycles. The summed E-state index contributed by atoms with van der Waals surface area (Å²) in [6.45, 7) is 4.06. The van der Waals surface area contributed by atoms with Crippen molar-refractivity contribution in [2.75, 3.05) is 14.2 Å². The lowest BCUT2D eigenvalue weighted by Gasteiger charge is -2.09. The van der Waals surface area contributed by atoms with E-state index in [0.717, 1.165) is 27.1 Å². The standard InChI is InChI=1S/C22H22BrN3O3/c1-14-11-17(15(2)26(14)19-8-6-18(23)7-9-19)13-24-25-22(27)16-5-10-20(28-3)21(12-16)29-4/h5-13H,1-4H3,(H,25,27)/b24-13-. The molecule has 0 aliphatic carbocycles. The molecule has 0 aliphatic rings. The molecule has 0 fully saturated rings. The van der Waals surface area contributed by atoms with Crippen LogP contribution in [0.3, 0.4) is 0 Å². The van der Waals surface area contributed by atoms with Crippen molar-refractivity contribution in [3.05, 3.63) is 75.5 Å². The number of benzene rings is 2. The Morgan fingerprint density at radius 1 is 1.03 bits per heavy atom. The minimum absolute atomic E-state index is 0.330. The highest BCUT2D eigenvalue weighted by molar-refractivity contribution is 9.10. The highest BCUT2D eigenvalue weighted by atomic mass is 79.9. The Hall–Kier alpha value is -3.06. The van der Waals surface area contributed by atoms with Crippen LogP contribution in [0.15, 0.2) is 58.1 Å². The van der Waals surface area contributed by atoms with Crippen LogP contribution in [0.4, 0.5) is 0 Å². The summed E-state index contributed by atoms with van der Waals surface area (Å²) < 4.78 is 13.6. The second-order valence-electron chi connectivity index (χ2n) is 6.41. The Labute approximate surface area is 178 Å². The van der Waals surface area contributed by atoms with Crippen LogP contribution in [0.25, 0.3) is 5.69 Å². The summed E-state index contributed by atoms with van der Waals surface area (Å²) in [6.07, 6.45) is 1.65. The second kappa shape index (κ2) is 8.96. The van der Waals surface area contributed by atoms with E-state index in [0.29, 0.717) is 17.1 Å². The van der Waals surface area contributed by atoms with Gasteiger partial charge in [-0.3, -0.25) is 4.79 Å². The van der Waals surface area contributed by atoms with Crippen molar-refractivity contribution in [1.29, 1.82) is 0 Å². The first kappa shape index (κ1) is 20.7. The lowest BCUT2D eigenvalue weighted by Crippen LogP contribution is -2.17. The number of aryl methyl sites for hydroxylation is 1. The smallest absolute Gasteiger partial charge is 0.271 e. The molecule has 1 N–H and O–H groups in total. The third-order valence-corrected chi connectivity index (χ3v) is 5.10. The summed E-state index contributed by atoms with van der Waals surface area (Å²) in [4.78, 5) is 12.4. The zero-order valence-corrected chi connectivity index (χ0v) is 18.3. The fraction of sp³-hybridized carbons (Fsp3) is 0.182. The van der Waals surface area contributed by atoms with Crippen LogP contribution in [-0.2, 0) is 0 Å². The zero-order valence-electron chi connectivity index (χ0n) is 16.7. The predicted octanol–water partition coefficient (Wildman–Crippen LogP) is 4.64. The van der Waals surface area contributed by atoms with E-state index in [4.69, 9.17) is 9.47 Å². The van der Waals surface area contributed by atoms with Crippen LogP contribution in [0.1, 0.15) is 27.3 Å². The zero-order chi connectivity index (χ0) is 21.0. The van der Waals surface area contributed by atoms with E-state index >= 15 is 0 Å². The van der Waals surface area contributed by atoms with Crippen LogP contribution in [0, 0.1) is 13.8 Å². The quantitative estimate of drug-likeness (QED) is 0.434. The fourth-order valence-corrected chi connectivity index (χ4v) is 3.37. The Morgan fingerprint density at radius 3 is 2.38 bits per heavy atom. The van der Waals surface area contributed by atoms with Crippen molar-refractivity contribution < 1.29 is 14.3 Å². The molecular formula is C22H22BrN3O3. The van der Waals surface area contributed by atoms with E-state index < -0.39 is 0 Å². The molecule has 0 unspecified atom stereocenters. The summed E-state index contributed by atoms with van der Waals surface area (Å²) >= 11 is 3.46. The number of hydrogen-bond acceptors (Lipinski definition) is 4. The highest BCUT2D eigenvalue weighted by Crippen LogP contribution is 2.27. The van der Waals surface area contributed by atoms with Gasteiger partial charge < -0.3 is 14.0 Å². The number of ether oxygens (including phenoxy) is 2. The first-order valence-corrected chi connectivity index (χ1v) is 9.74. The summed E-state index contributed by atoms with van der Waals surface area (Å²) in [5.41, 5.74) is 7.10. The molecule has 0 atom stereocenters. The number of hydrazone groups is 1. The molecule has 7 heteroatoms. The molecular weight excluding hydrogens is 434 g/mol. The SMILES string of the molecule is COc1ccc(C(=O)N/N=C\c2cc(C)n(-c3ccc(Br)cc3)c2C)cc1OC. The third kappa shape index (κ3) is 4.51. The maximum Gasteiger partial charge on any atom is 0.271 e. The number of halogens is 1. The van der Waals surface area contributed by atoms with Gasteiger partial charge in [-0.15, -0.1) is 0 Å². The monoisotopic (exact) mass is 455 g/mol. The molecule has 0 saturated carbocycles. The van der Waals surface area contributed by atoms with Gasteiger partial charge in [-0.05, 0) is 62.4 Å². The Morgan fingerprint density at radius 2 is 1.72 bits per heavy atom. The normalized spacial score (nSPS) is 10.9.